The second-order valence-corrected chi connectivity index (χ2v) is 11.2. The van der Waals surface area contributed by atoms with Crippen LogP contribution in [0.2, 0.25) is 0 Å². The van der Waals surface area contributed by atoms with Crippen LogP contribution in [-0.2, 0) is 20.8 Å². The molecular weight excluding hydrogens is 436 g/mol. The van der Waals surface area contributed by atoms with Gasteiger partial charge in [-0.2, -0.15) is 0 Å². The summed E-state index contributed by atoms with van der Waals surface area (Å²) < 4.78 is 0. The van der Waals surface area contributed by atoms with E-state index in [9.17, 15) is 34.8 Å². The van der Waals surface area contributed by atoms with Gasteiger partial charge in [-0.3, -0.25) is 14.4 Å². The summed E-state index contributed by atoms with van der Waals surface area (Å²) in [6.45, 7) is 11.6. The standard InChI is InChI=1S/C27H32O7/c1-11(2)18-21(30)16(14(5)28)23(32)27(34)24(33)19-22(31)17-15(12(3)8-13(4)20(17)29)9-25(19,6)10-26(18,27)7/h8,11,18,29,31-32,34H,9-10H2,1-7H3/t18?,25-,26-,27+/m1/s1. The first-order valence-corrected chi connectivity index (χ1v) is 11.6. The highest BCUT2D eigenvalue weighted by molar-refractivity contribution is 6.24. The van der Waals surface area contributed by atoms with Crippen LogP contribution in [0.25, 0.3) is 5.76 Å². The summed E-state index contributed by atoms with van der Waals surface area (Å²) in [7, 11) is 0. The van der Waals surface area contributed by atoms with Crippen molar-refractivity contribution in [3.05, 3.63) is 45.2 Å². The predicted octanol–water partition coefficient (Wildman–Crippen LogP) is 3.81. The summed E-state index contributed by atoms with van der Waals surface area (Å²) in [6.07, 6.45) is 0.390. The number of allylic oxidation sites excluding steroid dienone is 1. The van der Waals surface area contributed by atoms with Crippen LogP contribution in [0.1, 0.15) is 63.3 Å². The highest BCUT2D eigenvalue weighted by Crippen LogP contribution is 2.65. The largest absolute Gasteiger partial charge is 0.508 e. The van der Waals surface area contributed by atoms with E-state index in [-0.39, 0.29) is 29.2 Å². The molecule has 1 saturated carbocycles. The fourth-order valence-corrected chi connectivity index (χ4v) is 7.14. The summed E-state index contributed by atoms with van der Waals surface area (Å²) in [5, 5.41) is 45.2. The van der Waals surface area contributed by atoms with Crippen LogP contribution in [0.3, 0.4) is 0 Å². The number of phenols is 1. The minimum Gasteiger partial charge on any atom is -0.508 e. The van der Waals surface area contributed by atoms with E-state index in [1.807, 2.05) is 13.0 Å². The lowest BCUT2D eigenvalue weighted by Gasteiger charge is -2.59. The van der Waals surface area contributed by atoms with Crippen molar-refractivity contribution in [1.82, 2.24) is 0 Å². The maximum Gasteiger partial charge on any atom is 0.203 e. The van der Waals surface area contributed by atoms with E-state index in [1.54, 1.807) is 34.6 Å². The molecule has 7 heteroatoms. The monoisotopic (exact) mass is 468 g/mol. The topological polar surface area (TPSA) is 132 Å². The first-order chi connectivity index (χ1) is 15.5. The van der Waals surface area contributed by atoms with Gasteiger partial charge in [-0.25, -0.2) is 0 Å². The second-order valence-electron chi connectivity index (χ2n) is 11.2. The number of Topliss-reactive ketones (excluding diaryl/α,β-unsaturated/α-hetero) is 3. The molecule has 3 aliphatic rings. The van der Waals surface area contributed by atoms with Crippen LogP contribution in [0, 0.1) is 36.5 Å². The zero-order valence-electron chi connectivity index (χ0n) is 20.7. The first kappa shape index (κ1) is 24.2. The number of aromatic hydroxyl groups is 1. The number of carbonyl (C=O) groups excluding carboxylic acids is 3. The first-order valence-electron chi connectivity index (χ1n) is 11.6. The van der Waals surface area contributed by atoms with Gasteiger partial charge in [0.1, 0.15) is 22.8 Å². The number of ketones is 3. The Hall–Kier alpha value is -2.93. The van der Waals surface area contributed by atoms with Gasteiger partial charge in [0.05, 0.1) is 5.56 Å². The third kappa shape index (κ3) is 2.64. The molecule has 4 rings (SSSR count). The molecule has 1 fully saturated rings. The lowest BCUT2D eigenvalue weighted by Crippen LogP contribution is -2.69. The normalized spacial score (nSPS) is 33.1. The highest BCUT2D eigenvalue weighted by Gasteiger charge is 2.72. The van der Waals surface area contributed by atoms with Gasteiger partial charge in [0, 0.05) is 22.3 Å². The molecule has 1 aromatic carbocycles. The molecule has 0 heterocycles. The molecule has 34 heavy (non-hydrogen) atoms. The predicted molar refractivity (Wildman–Crippen MR) is 125 cm³/mol. The van der Waals surface area contributed by atoms with E-state index in [1.165, 1.54) is 0 Å². The lowest BCUT2D eigenvalue weighted by atomic mass is 9.43. The van der Waals surface area contributed by atoms with Gasteiger partial charge in [0.15, 0.2) is 17.2 Å². The number of carbonyl (C=O) groups is 3. The number of rotatable bonds is 2. The average Bonchev–Trinajstić information content (AvgIpc) is 2.68. The quantitative estimate of drug-likeness (QED) is 0.485. The number of benzene rings is 1. The number of aliphatic hydroxyl groups is 3. The fraction of sp³-hybridized carbons (Fsp3) is 0.519. The summed E-state index contributed by atoms with van der Waals surface area (Å²) in [4.78, 5) is 39.9. The van der Waals surface area contributed by atoms with E-state index in [2.05, 4.69) is 0 Å². The molecule has 4 N–H and O–H groups in total. The van der Waals surface area contributed by atoms with Crippen molar-refractivity contribution in [2.45, 2.75) is 66.9 Å². The van der Waals surface area contributed by atoms with E-state index in [0.717, 1.165) is 12.5 Å². The van der Waals surface area contributed by atoms with Crippen LogP contribution in [0.15, 0.2) is 23.0 Å². The van der Waals surface area contributed by atoms with Gasteiger partial charge >= 0.3 is 0 Å². The Morgan fingerprint density at radius 3 is 2.21 bits per heavy atom. The number of phenolic OH excluding ortho intramolecular Hbond substituents is 1. The second kappa shape index (κ2) is 7.04. The summed E-state index contributed by atoms with van der Waals surface area (Å²) >= 11 is 0. The van der Waals surface area contributed by atoms with Gasteiger partial charge < -0.3 is 20.4 Å². The summed E-state index contributed by atoms with van der Waals surface area (Å²) in [5.74, 6) is -5.06. The van der Waals surface area contributed by atoms with E-state index in [4.69, 9.17) is 0 Å². The Labute approximate surface area is 198 Å². The van der Waals surface area contributed by atoms with Gasteiger partial charge in [-0.05, 0) is 56.2 Å². The third-order valence-corrected chi connectivity index (χ3v) is 8.42. The maximum absolute atomic E-state index is 14.1. The summed E-state index contributed by atoms with van der Waals surface area (Å²) in [6, 6.07) is 1.81. The lowest BCUT2D eigenvalue weighted by molar-refractivity contribution is -0.178. The number of aliphatic hydroxyl groups excluding tert-OH is 2. The van der Waals surface area contributed by atoms with Crippen molar-refractivity contribution in [3.8, 4) is 5.75 Å². The summed E-state index contributed by atoms with van der Waals surface area (Å²) in [5.41, 5.74) is -3.45. The van der Waals surface area contributed by atoms with Crippen molar-refractivity contribution >= 4 is 23.1 Å². The molecule has 1 aromatic rings. The molecule has 0 bridgehead atoms. The van der Waals surface area contributed by atoms with Crippen LogP contribution in [0.5, 0.6) is 5.75 Å². The Kier molecular flexibility index (Phi) is 5.01. The van der Waals surface area contributed by atoms with Gasteiger partial charge in [0.25, 0.3) is 0 Å². The van der Waals surface area contributed by atoms with Crippen LogP contribution in [-0.4, -0.2) is 43.4 Å². The van der Waals surface area contributed by atoms with Gasteiger partial charge in [-0.1, -0.05) is 33.8 Å². The molecule has 182 valence electrons. The van der Waals surface area contributed by atoms with Gasteiger partial charge in [0.2, 0.25) is 5.78 Å². The van der Waals surface area contributed by atoms with Crippen molar-refractivity contribution in [1.29, 1.82) is 0 Å². The number of hydrogen-bond acceptors (Lipinski definition) is 7. The van der Waals surface area contributed by atoms with Crippen molar-refractivity contribution in [2.75, 3.05) is 0 Å². The van der Waals surface area contributed by atoms with E-state index >= 15 is 0 Å². The third-order valence-electron chi connectivity index (χ3n) is 8.42. The van der Waals surface area contributed by atoms with Crippen molar-refractivity contribution < 1.29 is 34.8 Å². The molecule has 1 unspecified atom stereocenters. The van der Waals surface area contributed by atoms with Crippen molar-refractivity contribution in [3.63, 3.8) is 0 Å². The fourth-order valence-electron chi connectivity index (χ4n) is 7.14. The number of hydrogen-bond donors (Lipinski definition) is 4. The molecule has 7 nitrogen and oxygen atoms in total. The minimum atomic E-state index is -2.58. The highest BCUT2D eigenvalue weighted by atomic mass is 16.3. The Morgan fingerprint density at radius 1 is 1.09 bits per heavy atom. The Balaban J connectivity index is 2.11. The molecule has 0 amide bonds. The van der Waals surface area contributed by atoms with Crippen molar-refractivity contribution in [2.24, 2.45) is 22.7 Å². The molecular formula is C27H32O7. The van der Waals surface area contributed by atoms with Crippen LogP contribution < -0.4 is 0 Å². The van der Waals surface area contributed by atoms with E-state index < -0.39 is 56.8 Å². The molecule has 0 saturated heterocycles. The molecule has 0 aliphatic heterocycles. The van der Waals surface area contributed by atoms with Crippen LogP contribution in [0.4, 0.5) is 0 Å². The Morgan fingerprint density at radius 2 is 1.68 bits per heavy atom. The maximum atomic E-state index is 14.1. The average molecular weight is 469 g/mol. The zero-order valence-corrected chi connectivity index (χ0v) is 20.7. The zero-order chi connectivity index (χ0) is 25.7. The minimum absolute atomic E-state index is 0.0962. The van der Waals surface area contributed by atoms with Gasteiger partial charge in [-0.15, -0.1) is 0 Å². The van der Waals surface area contributed by atoms with Crippen LogP contribution >= 0.6 is 0 Å². The molecule has 0 spiro atoms. The number of aryl methyl sites for hydroxylation is 2. The number of fused-ring (bicyclic) bond motifs is 3. The Bertz CT molecular complexity index is 1250. The molecule has 3 aliphatic carbocycles. The molecule has 4 atom stereocenters. The van der Waals surface area contributed by atoms with E-state index in [0.29, 0.717) is 17.5 Å². The molecule has 0 radical (unpaired) electrons. The smallest absolute Gasteiger partial charge is 0.203 e. The SMILES string of the molecule is CC(=O)C1=C(O)[C@]2(O)C(=O)C3=C(O)c4c(O)c(C)cc(C)c4C[C@]3(C)C[C@]2(C)C(C(C)C)C1=O. The molecule has 0 aromatic heterocycles.